The maximum Gasteiger partial charge on any atom is 0.124 e. The first-order chi connectivity index (χ1) is 6.69. The standard InChI is InChI=1S/C10H12FIN2/c1-2-3-10(14-13)8-5-4-7(11)6-9(8)12/h2,4-6,10,14H,1,3,13H2. The van der Waals surface area contributed by atoms with Crippen LogP contribution in [0.1, 0.15) is 18.0 Å². The first kappa shape index (κ1) is 11.6. The highest BCUT2D eigenvalue weighted by Gasteiger charge is 2.11. The third kappa shape index (κ3) is 2.76. The van der Waals surface area contributed by atoms with Crippen LogP contribution in [0.5, 0.6) is 0 Å². The van der Waals surface area contributed by atoms with E-state index >= 15 is 0 Å². The lowest BCUT2D eigenvalue weighted by Crippen LogP contribution is -2.28. The van der Waals surface area contributed by atoms with Crippen LogP contribution in [0, 0.1) is 9.39 Å². The minimum atomic E-state index is -0.229. The van der Waals surface area contributed by atoms with Gasteiger partial charge in [-0.15, -0.1) is 6.58 Å². The molecule has 14 heavy (non-hydrogen) atoms. The third-order valence-corrected chi connectivity index (χ3v) is 2.88. The molecule has 1 aromatic rings. The summed E-state index contributed by atoms with van der Waals surface area (Å²) in [7, 11) is 0. The van der Waals surface area contributed by atoms with E-state index in [0.29, 0.717) is 0 Å². The van der Waals surface area contributed by atoms with E-state index in [2.05, 4.69) is 34.6 Å². The van der Waals surface area contributed by atoms with Crippen LogP contribution in [0.15, 0.2) is 30.9 Å². The average Bonchev–Trinajstić information content (AvgIpc) is 2.15. The molecule has 0 radical (unpaired) electrons. The van der Waals surface area contributed by atoms with E-state index in [4.69, 9.17) is 5.84 Å². The van der Waals surface area contributed by atoms with Crippen molar-refractivity contribution in [2.45, 2.75) is 12.5 Å². The van der Waals surface area contributed by atoms with Gasteiger partial charge in [0, 0.05) is 3.57 Å². The van der Waals surface area contributed by atoms with Crippen molar-refractivity contribution in [3.63, 3.8) is 0 Å². The van der Waals surface area contributed by atoms with Crippen LogP contribution in [-0.2, 0) is 0 Å². The summed E-state index contributed by atoms with van der Waals surface area (Å²) in [6, 6.07) is 4.67. The van der Waals surface area contributed by atoms with Gasteiger partial charge in [-0.1, -0.05) is 12.1 Å². The summed E-state index contributed by atoms with van der Waals surface area (Å²) >= 11 is 2.09. The molecule has 1 rings (SSSR count). The average molecular weight is 306 g/mol. The molecule has 2 nitrogen and oxygen atoms in total. The Morgan fingerprint density at radius 1 is 1.64 bits per heavy atom. The highest BCUT2D eigenvalue weighted by molar-refractivity contribution is 14.1. The van der Waals surface area contributed by atoms with Crippen LogP contribution in [0.25, 0.3) is 0 Å². The Kier molecular flexibility index (Phi) is 4.50. The minimum absolute atomic E-state index is 0.000000000000000222. The van der Waals surface area contributed by atoms with Crippen LogP contribution in [0.2, 0.25) is 0 Å². The lowest BCUT2D eigenvalue weighted by molar-refractivity contribution is 0.555. The molecule has 0 bridgehead atoms. The van der Waals surface area contributed by atoms with Gasteiger partial charge < -0.3 is 0 Å². The number of halogens is 2. The Morgan fingerprint density at radius 3 is 2.86 bits per heavy atom. The molecular weight excluding hydrogens is 294 g/mol. The van der Waals surface area contributed by atoms with Crippen LogP contribution < -0.4 is 11.3 Å². The Bertz CT molecular complexity index is 328. The van der Waals surface area contributed by atoms with E-state index < -0.39 is 0 Å². The topological polar surface area (TPSA) is 38.0 Å². The molecule has 0 heterocycles. The van der Waals surface area contributed by atoms with E-state index in [-0.39, 0.29) is 11.9 Å². The zero-order valence-corrected chi connectivity index (χ0v) is 9.79. The van der Waals surface area contributed by atoms with E-state index in [0.717, 1.165) is 15.6 Å². The van der Waals surface area contributed by atoms with Crippen LogP contribution >= 0.6 is 22.6 Å². The van der Waals surface area contributed by atoms with Gasteiger partial charge in [0.2, 0.25) is 0 Å². The summed E-state index contributed by atoms with van der Waals surface area (Å²) in [6.45, 7) is 3.65. The zero-order chi connectivity index (χ0) is 10.6. The first-order valence-corrected chi connectivity index (χ1v) is 5.29. The maximum atomic E-state index is 12.8. The molecule has 0 amide bonds. The second-order valence-corrected chi connectivity index (χ2v) is 4.07. The van der Waals surface area contributed by atoms with Crippen molar-refractivity contribution < 1.29 is 4.39 Å². The number of nitrogens with two attached hydrogens (primary N) is 1. The van der Waals surface area contributed by atoms with E-state index in [1.54, 1.807) is 12.1 Å². The van der Waals surface area contributed by atoms with E-state index in [9.17, 15) is 4.39 Å². The first-order valence-electron chi connectivity index (χ1n) is 4.21. The molecule has 0 saturated carbocycles. The molecule has 1 atom stereocenters. The Hall–Kier alpha value is -0.460. The molecule has 1 aromatic carbocycles. The predicted octanol–water partition coefficient (Wildman–Crippen LogP) is 2.51. The SMILES string of the molecule is C=CCC(NN)c1ccc(F)cc1I. The number of hydrogen-bond donors (Lipinski definition) is 2. The van der Waals surface area contributed by atoms with Gasteiger partial charge in [-0.3, -0.25) is 11.3 Å². The molecule has 0 aliphatic heterocycles. The van der Waals surface area contributed by atoms with Crippen molar-refractivity contribution >= 4 is 22.6 Å². The van der Waals surface area contributed by atoms with Gasteiger partial charge in [-0.05, 0) is 46.7 Å². The molecule has 76 valence electrons. The van der Waals surface area contributed by atoms with Crippen LogP contribution in [0.4, 0.5) is 4.39 Å². The fourth-order valence-corrected chi connectivity index (χ4v) is 2.09. The van der Waals surface area contributed by atoms with Crippen molar-refractivity contribution in [3.8, 4) is 0 Å². The maximum absolute atomic E-state index is 12.8. The Labute approximate surface area is 96.5 Å². The summed E-state index contributed by atoms with van der Waals surface area (Å²) in [5, 5.41) is 0. The summed E-state index contributed by atoms with van der Waals surface area (Å²) in [5.41, 5.74) is 3.68. The largest absolute Gasteiger partial charge is 0.271 e. The van der Waals surface area contributed by atoms with Crippen molar-refractivity contribution in [3.05, 3.63) is 45.8 Å². The lowest BCUT2D eigenvalue weighted by atomic mass is 10.0. The molecule has 1 unspecified atom stereocenters. The van der Waals surface area contributed by atoms with E-state index in [1.807, 2.05) is 0 Å². The van der Waals surface area contributed by atoms with Crippen LogP contribution in [0.3, 0.4) is 0 Å². The van der Waals surface area contributed by atoms with Crippen LogP contribution in [-0.4, -0.2) is 0 Å². The summed E-state index contributed by atoms with van der Waals surface area (Å²) < 4.78 is 13.7. The second-order valence-electron chi connectivity index (χ2n) is 2.91. The number of hydrazine groups is 1. The summed E-state index contributed by atoms with van der Waals surface area (Å²) in [4.78, 5) is 0. The predicted molar refractivity (Wildman–Crippen MR) is 64.0 cm³/mol. The molecular formula is C10H12FIN2. The molecule has 0 spiro atoms. The van der Waals surface area contributed by atoms with Gasteiger partial charge in [-0.25, -0.2) is 4.39 Å². The Morgan fingerprint density at radius 2 is 2.36 bits per heavy atom. The number of nitrogens with one attached hydrogen (secondary N) is 1. The van der Waals surface area contributed by atoms with Gasteiger partial charge in [0.25, 0.3) is 0 Å². The van der Waals surface area contributed by atoms with Crippen molar-refractivity contribution in [2.75, 3.05) is 0 Å². The van der Waals surface area contributed by atoms with E-state index in [1.165, 1.54) is 12.1 Å². The lowest BCUT2D eigenvalue weighted by Gasteiger charge is -2.15. The second kappa shape index (κ2) is 5.43. The van der Waals surface area contributed by atoms with Gasteiger partial charge >= 0.3 is 0 Å². The Balaban J connectivity index is 2.97. The molecule has 0 aliphatic carbocycles. The molecule has 0 aromatic heterocycles. The monoisotopic (exact) mass is 306 g/mol. The van der Waals surface area contributed by atoms with Gasteiger partial charge in [-0.2, -0.15) is 0 Å². The number of rotatable bonds is 4. The highest BCUT2D eigenvalue weighted by atomic mass is 127. The molecule has 0 saturated heterocycles. The minimum Gasteiger partial charge on any atom is -0.271 e. The number of hydrogen-bond acceptors (Lipinski definition) is 2. The van der Waals surface area contributed by atoms with Crippen molar-refractivity contribution in [2.24, 2.45) is 5.84 Å². The molecule has 3 N–H and O–H groups in total. The fraction of sp³-hybridized carbons (Fsp3) is 0.200. The fourth-order valence-electron chi connectivity index (χ4n) is 1.24. The zero-order valence-electron chi connectivity index (χ0n) is 7.63. The third-order valence-electron chi connectivity index (χ3n) is 1.94. The van der Waals surface area contributed by atoms with Gasteiger partial charge in [0.1, 0.15) is 5.82 Å². The quantitative estimate of drug-likeness (QED) is 0.388. The molecule has 0 fully saturated rings. The normalized spacial score (nSPS) is 12.5. The number of benzene rings is 1. The summed E-state index contributed by atoms with van der Waals surface area (Å²) in [6.07, 6.45) is 2.50. The molecule has 4 heteroatoms. The summed E-state index contributed by atoms with van der Waals surface area (Å²) in [5.74, 6) is 5.17. The molecule has 0 aliphatic rings. The van der Waals surface area contributed by atoms with Crippen molar-refractivity contribution in [1.29, 1.82) is 0 Å². The smallest absolute Gasteiger partial charge is 0.124 e. The highest BCUT2D eigenvalue weighted by Crippen LogP contribution is 2.23. The van der Waals surface area contributed by atoms with Gasteiger partial charge in [0.15, 0.2) is 0 Å². The van der Waals surface area contributed by atoms with Crippen molar-refractivity contribution in [1.82, 2.24) is 5.43 Å². The van der Waals surface area contributed by atoms with Gasteiger partial charge in [0.05, 0.1) is 6.04 Å².